The highest BCUT2D eigenvalue weighted by atomic mass is 16.6. The molecule has 3 atom stereocenters. The van der Waals surface area contributed by atoms with Gasteiger partial charge in [-0.2, -0.15) is 0 Å². The highest BCUT2D eigenvalue weighted by molar-refractivity contribution is 4.92. The molecule has 0 amide bonds. The summed E-state index contributed by atoms with van der Waals surface area (Å²) in [5.74, 6) is 0. The molecule has 1 saturated heterocycles. The van der Waals surface area contributed by atoms with E-state index in [2.05, 4.69) is 13.8 Å². The number of fused-ring (bicyclic) bond motifs is 1. The molecule has 2 heteroatoms. The van der Waals surface area contributed by atoms with Gasteiger partial charge in [-0.15, -0.1) is 0 Å². The lowest BCUT2D eigenvalue weighted by molar-refractivity contribution is -0.00805. The molecule has 3 unspecified atom stereocenters. The van der Waals surface area contributed by atoms with E-state index < -0.39 is 0 Å². The normalized spacial score (nSPS) is 42.3. The van der Waals surface area contributed by atoms with Gasteiger partial charge in [0.2, 0.25) is 0 Å². The maximum Gasteiger partial charge on any atom is 0.0866 e. The third-order valence-corrected chi connectivity index (χ3v) is 2.42. The summed E-state index contributed by atoms with van der Waals surface area (Å²) < 4.78 is 11.1. The summed E-state index contributed by atoms with van der Waals surface area (Å²) in [7, 11) is 0. The molecule has 0 N–H and O–H groups in total. The van der Waals surface area contributed by atoms with E-state index in [1.54, 1.807) is 0 Å². The van der Waals surface area contributed by atoms with Crippen LogP contribution in [0.2, 0.25) is 0 Å². The van der Waals surface area contributed by atoms with Crippen molar-refractivity contribution in [1.29, 1.82) is 0 Å². The predicted molar refractivity (Wildman–Crippen MR) is 42.5 cm³/mol. The van der Waals surface area contributed by atoms with E-state index in [0.29, 0.717) is 24.4 Å². The quantitative estimate of drug-likeness (QED) is 0.568. The van der Waals surface area contributed by atoms with Gasteiger partial charge in [-0.1, -0.05) is 0 Å². The molecule has 0 aromatic rings. The van der Waals surface area contributed by atoms with Gasteiger partial charge in [-0.3, -0.25) is 0 Å². The van der Waals surface area contributed by atoms with E-state index in [9.17, 15) is 0 Å². The number of ether oxygens (including phenoxy) is 2. The Hall–Kier alpha value is -0.0800. The lowest BCUT2D eigenvalue weighted by Crippen LogP contribution is -2.24. The van der Waals surface area contributed by atoms with Crippen molar-refractivity contribution in [2.24, 2.45) is 0 Å². The van der Waals surface area contributed by atoms with Crippen molar-refractivity contribution in [3.05, 3.63) is 0 Å². The first-order valence-electron chi connectivity index (χ1n) is 4.56. The summed E-state index contributed by atoms with van der Waals surface area (Å²) in [6, 6.07) is 0. The van der Waals surface area contributed by atoms with E-state index in [0.717, 1.165) is 6.42 Å². The van der Waals surface area contributed by atoms with Crippen LogP contribution in [0.1, 0.15) is 33.1 Å². The fourth-order valence-electron chi connectivity index (χ4n) is 1.88. The van der Waals surface area contributed by atoms with Gasteiger partial charge in [0, 0.05) is 6.42 Å². The van der Waals surface area contributed by atoms with Gasteiger partial charge in [0.15, 0.2) is 0 Å². The summed E-state index contributed by atoms with van der Waals surface area (Å²) >= 11 is 0. The largest absolute Gasteiger partial charge is 0.375 e. The molecule has 0 aromatic carbocycles. The van der Waals surface area contributed by atoms with Crippen LogP contribution >= 0.6 is 0 Å². The van der Waals surface area contributed by atoms with Crippen LogP contribution < -0.4 is 0 Å². The van der Waals surface area contributed by atoms with Gasteiger partial charge >= 0.3 is 0 Å². The molecule has 0 bridgehead atoms. The Bertz CT molecular complexity index is 142. The summed E-state index contributed by atoms with van der Waals surface area (Å²) in [4.78, 5) is 0. The molecule has 1 aliphatic carbocycles. The van der Waals surface area contributed by atoms with E-state index in [1.165, 1.54) is 12.8 Å². The lowest BCUT2D eigenvalue weighted by atomic mass is 9.98. The van der Waals surface area contributed by atoms with Gasteiger partial charge in [-0.05, 0) is 26.7 Å². The molecule has 0 aromatic heterocycles. The van der Waals surface area contributed by atoms with Crippen LogP contribution in [-0.2, 0) is 9.47 Å². The van der Waals surface area contributed by atoms with Crippen LogP contribution in [0.4, 0.5) is 0 Å². The maximum absolute atomic E-state index is 5.71. The number of hydrogen-bond acceptors (Lipinski definition) is 2. The monoisotopic (exact) mass is 156 g/mol. The van der Waals surface area contributed by atoms with Gasteiger partial charge in [0.05, 0.1) is 24.4 Å². The zero-order valence-electron chi connectivity index (χ0n) is 7.25. The minimum atomic E-state index is 0.371. The maximum atomic E-state index is 5.71. The Labute approximate surface area is 67.9 Å². The van der Waals surface area contributed by atoms with Crippen molar-refractivity contribution in [1.82, 2.24) is 0 Å². The van der Waals surface area contributed by atoms with Crippen LogP contribution in [0.15, 0.2) is 0 Å². The van der Waals surface area contributed by atoms with E-state index in [4.69, 9.17) is 9.47 Å². The third kappa shape index (κ3) is 1.74. The number of rotatable bonds is 2. The van der Waals surface area contributed by atoms with Crippen LogP contribution in [0, 0.1) is 0 Å². The molecule has 11 heavy (non-hydrogen) atoms. The van der Waals surface area contributed by atoms with Gasteiger partial charge in [-0.25, -0.2) is 0 Å². The lowest BCUT2D eigenvalue weighted by Gasteiger charge is -2.21. The van der Waals surface area contributed by atoms with E-state index in [1.807, 2.05) is 0 Å². The Morgan fingerprint density at radius 1 is 1.27 bits per heavy atom. The van der Waals surface area contributed by atoms with E-state index >= 15 is 0 Å². The summed E-state index contributed by atoms with van der Waals surface area (Å²) in [5, 5.41) is 0. The van der Waals surface area contributed by atoms with Gasteiger partial charge in [0.25, 0.3) is 0 Å². The molecule has 1 saturated carbocycles. The van der Waals surface area contributed by atoms with E-state index in [-0.39, 0.29) is 0 Å². The average Bonchev–Trinajstić information content (AvgIpc) is 2.63. The minimum Gasteiger partial charge on any atom is -0.375 e. The molecule has 1 heterocycles. The molecule has 0 radical (unpaired) electrons. The molecular weight excluding hydrogens is 140 g/mol. The second-order valence-electron chi connectivity index (χ2n) is 3.83. The van der Waals surface area contributed by atoms with Crippen molar-refractivity contribution < 1.29 is 9.47 Å². The molecule has 2 aliphatic rings. The Morgan fingerprint density at radius 2 is 2.09 bits per heavy atom. The molecule has 2 rings (SSSR count). The zero-order chi connectivity index (χ0) is 7.84. The zero-order valence-corrected chi connectivity index (χ0v) is 7.25. The molecule has 0 spiro atoms. The fourth-order valence-corrected chi connectivity index (χ4v) is 1.88. The number of epoxide rings is 1. The summed E-state index contributed by atoms with van der Waals surface area (Å²) in [6.07, 6.45) is 5.52. The van der Waals surface area contributed by atoms with Crippen LogP contribution in [0.25, 0.3) is 0 Å². The fraction of sp³-hybridized carbons (Fsp3) is 1.00. The summed E-state index contributed by atoms with van der Waals surface area (Å²) in [5.41, 5.74) is 0. The van der Waals surface area contributed by atoms with Crippen molar-refractivity contribution in [3.8, 4) is 0 Å². The summed E-state index contributed by atoms with van der Waals surface area (Å²) in [6.45, 7) is 4.19. The molecule has 2 fully saturated rings. The Balaban J connectivity index is 1.76. The Kier molecular flexibility index (Phi) is 1.90. The highest BCUT2D eigenvalue weighted by Gasteiger charge is 2.44. The van der Waals surface area contributed by atoms with Crippen LogP contribution in [0.3, 0.4) is 0 Å². The molecule has 1 aliphatic heterocycles. The van der Waals surface area contributed by atoms with Gasteiger partial charge in [0.1, 0.15) is 0 Å². The topological polar surface area (TPSA) is 21.8 Å². The van der Waals surface area contributed by atoms with Crippen molar-refractivity contribution >= 4 is 0 Å². The smallest absolute Gasteiger partial charge is 0.0866 e. The average molecular weight is 156 g/mol. The second-order valence-corrected chi connectivity index (χ2v) is 3.83. The molecular formula is C9H16O2. The van der Waals surface area contributed by atoms with Crippen LogP contribution in [-0.4, -0.2) is 24.4 Å². The molecule has 64 valence electrons. The first kappa shape index (κ1) is 7.56. The highest BCUT2D eigenvalue weighted by Crippen LogP contribution is 2.37. The van der Waals surface area contributed by atoms with Crippen molar-refractivity contribution in [2.75, 3.05) is 0 Å². The first-order chi connectivity index (χ1) is 5.25. The second kappa shape index (κ2) is 2.76. The molecule has 2 nitrogen and oxygen atoms in total. The first-order valence-corrected chi connectivity index (χ1v) is 4.56. The van der Waals surface area contributed by atoms with Crippen molar-refractivity contribution in [3.63, 3.8) is 0 Å². The third-order valence-electron chi connectivity index (χ3n) is 2.42. The number of hydrogen-bond donors (Lipinski definition) is 0. The standard InChI is InChI=1S/C9H16O2/c1-6(2)10-7-3-4-8-9(5-7)11-8/h6-9H,3-5H2,1-2H3. The van der Waals surface area contributed by atoms with Gasteiger partial charge < -0.3 is 9.47 Å². The van der Waals surface area contributed by atoms with Crippen molar-refractivity contribution in [2.45, 2.75) is 57.5 Å². The minimum absolute atomic E-state index is 0.371. The Morgan fingerprint density at radius 3 is 2.73 bits per heavy atom. The van der Waals surface area contributed by atoms with Crippen LogP contribution in [0.5, 0.6) is 0 Å². The predicted octanol–water partition coefficient (Wildman–Crippen LogP) is 1.73. The SMILES string of the molecule is CC(C)OC1CCC2OC2C1.